The molecule has 1 saturated heterocycles. The fourth-order valence-electron chi connectivity index (χ4n) is 4.70. The molecule has 0 aromatic heterocycles. The number of amides is 1. The van der Waals surface area contributed by atoms with E-state index >= 15 is 0 Å². The number of nitrogens with zero attached hydrogens (tertiary/aromatic N) is 1. The Balaban J connectivity index is 1.36. The lowest BCUT2D eigenvalue weighted by Crippen LogP contribution is -2.37. The summed E-state index contributed by atoms with van der Waals surface area (Å²) in [5, 5.41) is 5.31. The Morgan fingerprint density at radius 2 is 1.61 bits per heavy atom. The van der Waals surface area contributed by atoms with Crippen molar-refractivity contribution in [2.24, 2.45) is 5.92 Å². The monoisotopic (exact) mass is 434 g/mol. The maximum atomic E-state index is 12.9. The van der Waals surface area contributed by atoms with E-state index in [1.807, 2.05) is 18.2 Å². The van der Waals surface area contributed by atoms with Crippen LogP contribution in [0.4, 0.5) is 5.69 Å². The van der Waals surface area contributed by atoms with E-state index in [1.54, 1.807) is 16.4 Å². The largest absolute Gasteiger partial charge is 0.321 e. The van der Waals surface area contributed by atoms with Crippen molar-refractivity contribution in [3.63, 3.8) is 0 Å². The number of sulfonamides is 1. The third kappa shape index (κ3) is 3.64. The van der Waals surface area contributed by atoms with Crippen molar-refractivity contribution in [1.82, 2.24) is 4.31 Å². The molecule has 5 nitrogen and oxygen atoms in total. The van der Waals surface area contributed by atoms with Gasteiger partial charge in [0.1, 0.15) is 0 Å². The second-order valence-corrected chi connectivity index (χ2v) is 10.6. The number of carbonyl (C=O) groups is 1. The Labute approximate surface area is 183 Å². The topological polar surface area (TPSA) is 66.5 Å². The van der Waals surface area contributed by atoms with Crippen LogP contribution in [0.3, 0.4) is 0 Å². The zero-order chi connectivity index (χ0) is 21.6. The first kappa shape index (κ1) is 20.2. The molecule has 1 amide bonds. The van der Waals surface area contributed by atoms with Gasteiger partial charge in [-0.15, -0.1) is 0 Å². The first-order valence-electron chi connectivity index (χ1n) is 10.9. The molecule has 1 fully saturated rings. The van der Waals surface area contributed by atoms with Crippen molar-refractivity contribution in [1.29, 1.82) is 0 Å². The predicted molar refractivity (Wildman–Crippen MR) is 123 cm³/mol. The summed E-state index contributed by atoms with van der Waals surface area (Å²) in [4.78, 5) is 13.1. The fraction of sp³-hybridized carbons (Fsp3) is 0.320. The van der Waals surface area contributed by atoms with Gasteiger partial charge < -0.3 is 5.32 Å². The highest BCUT2D eigenvalue weighted by Crippen LogP contribution is 2.35. The van der Waals surface area contributed by atoms with Crippen molar-refractivity contribution >= 4 is 32.4 Å². The third-order valence-corrected chi connectivity index (χ3v) is 8.53. The molecule has 1 aliphatic heterocycles. The zero-order valence-electron chi connectivity index (χ0n) is 17.6. The Bertz CT molecular complexity index is 1250. The van der Waals surface area contributed by atoms with Gasteiger partial charge in [0.15, 0.2) is 0 Å². The summed E-state index contributed by atoms with van der Waals surface area (Å²) in [5.41, 5.74) is 3.87. The Hall–Kier alpha value is -2.70. The minimum Gasteiger partial charge on any atom is -0.321 e. The van der Waals surface area contributed by atoms with Crippen LogP contribution in [0.1, 0.15) is 41.3 Å². The van der Waals surface area contributed by atoms with Gasteiger partial charge in [-0.05, 0) is 78.4 Å². The standard InChI is InChI=1S/C25H26N2O3S/c1-17-13-15-27(16-14-17)31(29,30)21-10-7-20(8-11-21)25(28)26-23-12-9-19-6-5-18-3-2-4-22(23)24(18)19/h2-4,7-12,17H,5-6,13-16H2,1H3,(H,26,28). The lowest BCUT2D eigenvalue weighted by atomic mass is 10.0. The number of hydrogen-bond donors (Lipinski definition) is 1. The van der Waals surface area contributed by atoms with Crippen LogP contribution < -0.4 is 5.32 Å². The molecule has 6 heteroatoms. The quantitative estimate of drug-likeness (QED) is 0.652. The van der Waals surface area contributed by atoms with Crippen LogP contribution in [0.15, 0.2) is 59.5 Å². The number of piperidine rings is 1. The number of anilines is 1. The van der Waals surface area contributed by atoms with Gasteiger partial charge in [-0.3, -0.25) is 4.79 Å². The molecule has 0 saturated carbocycles. The van der Waals surface area contributed by atoms with Gasteiger partial charge in [0.25, 0.3) is 5.91 Å². The molecule has 0 radical (unpaired) electrons. The fourth-order valence-corrected chi connectivity index (χ4v) is 6.17. The number of rotatable bonds is 4. The molecule has 3 aromatic rings. The van der Waals surface area contributed by atoms with Crippen LogP contribution in [0.2, 0.25) is 0 Å². The third-order valence-electron chi connectivity index (χ3n) is 6.62. The van der Waals surface area contributed by atoms with Gasteiger partial charge in [0.05, 0.1) is 4.90 Å². The molecule has 160 valence electrons. The van der Waals surface area contributed by atoms with Gasteiger partial charge in [0.2, 0.25) is 10.0 Å². The van der Waals surface area contributed by atoms with E-state index in [1.165, 1.54) is 28.6 Å². The first-order valence-corrected chi connectivity index (χ1v) is 12.3. The van der Waals surface area contributed by atoms with Crippen molar-refractivity contribution in [2.45, 2.75) is 37.5 Å². The molecule has 5 rings (SSSR count). The molecule has 0 unspecified atom stereocenters. The van der Waals surface area contributed by atoms with Gasteiger partial charge in [-0.2, -0.15) is 4.31 Å². The molecule has 1 N–H and O–H groups in total. The normalized spacial score (nSPS) is 17.2. The SMILES string of the molecule is CC1CCN(S(=O)(=O)c2ccc(C(=O)Nc3ccc4c5c(cccc35)CC4)cc2)CC1. The average molecular weight is 435 g/mol. The highest BCUT2D eigenvalue weighted by atomic mass is 32.2. The zero-order valence-corrected chi connectivity index (χ0v) is 18.4. The number of benzene rings is 3. The summed E-state index contributed by atoms with van der Waals surface area (Å²) in [6.45, 7) is 3.26. The van der Waals surface area contributed by atoms with Gasteiger partial charge >= 0.3 is 0 Å². The summed E-state index contributed by atoms with van der Waals surface area (Å²) in [6, 6.07) is 16.5. The summed E-state index contributed by atoms with van der Waals surface area (Å²) < 4.78 is 27.4. The van der Waals surface area contributed by atoms with Crippen LogP contribution in [-0.2, 0) is 22.9 Å². The van der Waals surface area contributed by atoms with E-state index in [4.69, 9.17) is 0 Å². The van der Waals surface area contributed by atoms with Crippen LogP contribution in [-0.4, -0.2) is 31.7 Å². The summed E-state index contributed by atoms with van der Waals surface area (Å²) >= 11 is 0. The molecule has 0 spiro atoms. The van der Waals surface area contributed by atoms with Gasteiger partial charge in [0, 0.05) is 29.7 Å². The second-order valence-electron chi connectivity index (χ2n) is 8.68. The van der Waals surface area contributed by atoms with Crippen molar-refractivity contribution in [3.05, 3.63) is 71.3 Å². The summed E-state index contributed by atoms with van der Waals surface area (Å²) in [7, 11) is -3.52. The highest BCUT2D eigenvalue weighted by Gasteiger charge is 2.28. The van der Waals surface area contributed by atoms with E-state index < -0.39 is 10.0 Å². The molecule has 1 aliphatic carbocycles. The molecule has 1 heterocycles. The molecular formula is C25H26N2O3S. The molecule has 3 aromatic carbocycles. The first-order chi connectivity index (χ1) is 14.9. The van der Waals surface area contributed by atoms with E-state index in [2.05, 4.69) is 24.4 Å². The van der Waals surface area contributed by atoms with Crippen LogP contribution >= 0.6 is 0 Å². The van der Waals surface area contributed by atoms with Crippen LogP contribution in [0.5, 0.6) is 0 Å². The second kappa shape index (κ2) is 7.77. The Kier molecular flexibility index (Phi) is 5.07. The lowest BCUT2D eigenvalue weighted by Gasteiger charge is -2.29. The van der Waals surface area contributed by atoms with Crippen molar-refractivity contribution in [3.8, 4) is 0 Å². The van der Waals surface area contributed by atoms with Crippen molar-refractivity contribution < 1.29 is 13.2 Å². The Morgan fingerprint density at radius 1 is 0.935 bits per heavy atom. The number of nitrogens with one attached hydrogen (secondary N) is 1. The number of aryl methyl sites for hydroxylation is 2. The van der Waals surface area contributed by atoms with Crippen LogP contribution in [0.25, 0.3) is 10.8 Å². The summed E-state index contributed by atoms with van der Waals surface area (Å²) in [5.74, 6) is 0.317. The van der Waals surface area contributed by atoms with E-state index in [9.17, 15) is 13.2 Å². The summed E-state index contributed by atoms with van der Waals surface area (Å²) in [6.07, 6.45) is 3.84. The molecule has 0 bridgehead atoms. The Morgan fingerprint density at radius 3 is 2.32 bits per heavy atom. The predicted octanol–water partition coefficient (Wildman–Crippen LogP) is 4.61. The van der Waals surface area contributed by atoms with Gasteiger partial charge in [-0.25, -0.2) is 8.42 Å². The van der Waals surface area contributed by atoms with Gasteiger partial charge in [-0.1, -0.05) is 31.2 Å². The van der Waals surface area contributed by atoms with E-state index in [-0.39, 0.29) is 10.8 Å². The maximum absolute atomic E-state index is 12.9. The molecule has 2 aliphatic rings. The minimum absolute atomic E-state index is 0.240. The number of hydrogen-bond acceptors (Lipinski definition) is 3. The van der Waals surface area contributed by atoms with E-state index in [0.29, 0.717) is 24.6 Å². The van der Waals surface area contributed by atoms with E-state index in [0.717, 1.165) is 36.8 Å². The maximum Gasteiger partial charge on any atom is 0.255 e. The highest BCUT2D eigenvalue weighted by molar-refractivity contribution is 7.89. The molecule has 31 heavy (non-hydrogen) atoms. The molecule has 0 atom stereocenters. The number of carbonyl (C=O) groups excluding carboxylic acids is 1. The molecular weight excluding hydrogens is 408 g/mol. The van der Waals surface area contributed by atoms with Crippen molar-refractivity contribution in [2.75, 3.05) is 18.4 Å². The lowest BCUT2D eigenvalue weighted by molar-refractivity contribution is 0.102. The minimum atomic E-state index is -3.52. The van der Waals surface area contributed by atoms with Crippen LogP contribution in [0, 0.1) is 5.92 Å². The smallest absolute Gasteiger partial charge is 0.255 e. The average Bonchev–Trinajstić information content (AvgIpc) is 3.21.